The highest BCUT2D eigenvalue weighted by molar-refractivity contribution is 8.00. The van der Waals surface area contributed by atoms with Gasteiger partial charge in [0, 0.05) is 7.05 Å². The van der Waals surface area contributed by atoms with Crippen LogP contribution in [0.4, 0.5) is 0 Å². The van der Waals surface area contributed by atoms with E-state index in [0.29, 0.717) is 0 Å². The maximum atomic E-state index is 11.3. The molecule has 0 aromatic heterocycles. The zero-order valence-electron chi connectivity index (χ0n) is 7.52. The van der Waals surface area contributed by atoms with Gasteiger partial charge in [-0.15, -0.1) is 11.8 Å². The molecule has 0 aromatic rings. The standard InChI is InChI=1S/C7H14N2O2S/c1-4-12-6(2)7(10)9(3)5-8-11/h5-6,11H,4H2,1-3H3. The van der Waals surface area contributed by atoms with Crippen LogP contribution in [0.15, 0.2) is 5.16 Å². The van der Waals surface area contributed by atoms with E-state index in [1.807, 2.05) is 13.8 Å². The molecular weight excluding hydrogens is 176 g/mol. The first-order chi connectivity index (χ1) is 5.63. The van der Waals surface area contributed by atoms with Crippen molar-refractivity contribution in [1.29, 1.82) is 0 Å². The van der Waals surface area contributed by atoms with Crippen molar-refractivity contribution in [2.75, 3.05) is 12.8 Å². The highest BCUT2D eigenvalue weighted by Gasteiger charge is 2.15. The molecular formula is C7H14N2O2S. The lowest BCUT2D eigenvalue weighted by Gasteiger charge is -2.14. The molecule has 0 saturated carbocycles. The molecule has 0 bridgehead atoms. The van der Waals surface area contributed by atoms with Gasteiger partial charge in [-0.1, -0.05) is 12.1 Å². The first-order valence-electron chi connectivity index (χ1n) is 3.69. The number of carbonyl (C=O) groups is 1. The highest BCUT2D eigenvalue weighted by Crippen LogP contribution is 2.10. The van der Waals surface area contributed by atoms with Crippen molar-refractivity contribution in [3.63, 3.8) is 0 Å². The summed E-state index contributed by atoms with van der Waals surface area (Å²) in [5.41, 5.74) is 0. The quantitative estimate of drug-likeness (QED) is 0.311. The van der Waals surface area contributed by atoms with Gasteiger partial charge in [0.15, 0.2) is 0 Å². The minimum atomic E-state index is -0.0852. The molecule has 0 aliphatic heterocycles. The van der Waals surface area contributed by atoms with Crippen LogP contribution in [-0.4, -0.2) is 40.4 Å². The summed E-state index contributed by atoms with van der Waals surface area (Å²) >= 11 is 1.56. The van der Waals surface area contributed by atoms with Gasteiger partial charge in [0.25, 0.3) is 0 Å². The fraction of sp³-hybridized carbons (Fsp3) is 0.714. The second kappa shape index (κ2) is 5.88. The zero-order valence-corrected chi connectivity index (χ0v) is 8.34. The Bertz CT molecular complexity index is 173. The third-order valence-corrected chi connectivity index (χ3v) is 2.37. The number of hydrogen-bond acceptors (Lipinski definition) is 4. The highest BCUT2D eigenvalue weighted by atomic mass is 32.2. The fourth-order valence-corrected chi connectivity index (χ4v) is 1.55. The molecule has 0 fully saturated rings. The lowest BCUT2D eigenvalue weighted by molar-refractivity contribution is -0.125. The van der Waals surface area contributed by atoms with Crippen LogP contribution in [0.25, 0.3) is 0 Å². The van der Waals surface area contributed by atoms with E-state index in [9.17, 15) is 4.79 Å². The number of amides is 1. The Morgan fingerprint density at radius 3 is 2.83 bits per heavy atom. The summed E-state index contributed by atoms with van der Waals surface area (Å²) in [7, 11) is 1.56. The molecule has 5 heteroatoms. The molecule has 0 aromatic carbocycles. The molecule has 4 nitrogen and oxygen atoms in total. The van der Waals surface area contributed by atoms with Crippen LogP contribution in [0.5, 0.6) is 0 Å². The Hall–Kier alpha value is -0.710. The van der Waals surface area contributed by atoms with Crippen LogP contribution >= 0.6 is 11.8 Å². The van der Waals surface area contributed by atoms with Crippen LogP contribution in [0.1, 0.15) is 13.8 Å². The third kappa shape index (κ3) is 3.61. The van der Waals surface area contributed by atoms with Gasteiger partial charge >= 0.3 is 0 Å². The van der Waals surface area contributed by atoms with Crippen LogP contribution < -0.4 is 0 Å². The summed E-state index contributed by atoms with van der Waals surface area (Å²) < 4.78 is 0. The van der Waals surface area contributed by atoms with Crippen LogP contribution in [0.3, 0.4) is 0 Å². The van der Waals surface area contributed by atoms with Gasteiger partial charge in [-0.25, -0.2) is 0 Å². The van der Waals surface area contributed by atoms with Gasteiger partial charge in [0.05, 0.1) is 5.25 Å². The SMILES string of the molecule is CCSC(C)C(=O)N(C)C=NO. The Labute approximate surface area is 76.6 Å². The average Bonchev–Trinajstić information content (AvgIpc) is 2.04. The Morgan fingerprint density at radius 1 is 1.83 bits per heavy atom. The third-order valence-electron chi connectivity index (χ3n) is 1.34. The van der Waals surface area contributed by atoms with E-state index >= 15 is 0 Å². The van der Waals surface area contributed by atoms with Crippen LogP contribution in [-0.2, 0) is 4.79 Å². The van der Waals surface area contributed by atoms with E-state index in [0.717, 1.165) is 12.1 Å². The number of hydrogen-bond donors (Lipinski definition) is 1. The summed E-state index contributed by atoms with van der Waals surface area (Å²) in [6.45, 7) is 3.83. The molecule has 0 spiro atoms. The molecule has 1 atom stereocenters. The molecule has 0 aliphatic carbocycles. The summed E-state index contributed by atoms with van der Waals surface area (Å²) in [4.78, 5) is 12.6. The Balaban J connectivity index is 3.99. The predicted octanol–water partition coefficient (Wildman–Crippen LogP) is 1.00. The second-order valence-corrected chi connectivity index (χ2v) is 3.90. The van der Waals surface area contributed by atoms with Gasteiger partial charge in [0.1, 0.15) is 6.34 Å². The number of oxime groups is 1. The molecule has 1 amide bonds. The first-order valence-corrected chi connectivity index (χ1v) is 4.74. The van der Waals surface area contributed by atoms with Gasteiger partial charge in [-0.05, 0) is 12.7 Å². The van der Waals surface area contributed by atoms with Crippen LogP contribution in [0, 0.1) is 0 Å². The molecule has 1 N–H and O–H groups in total. The van der Waals surface area contributed by atoms with Gasteiger partial charge in [0.2, 0.25) is 5.91 Å². The van der Waals surface area contributed by atoms with Crippen molar-refractivity contribution in [2.45, 2.75) is 19.1 Å². The Kier molecular flexibility index (Phi) is 5.53. The number of nitrogens with zero attached hydrogens (tertiary/aromatic N) is 2. The number of carbonyl (C=O) groups excluding carboxylic acids is 1. The maximum Gasteiger partial charge on any atom is 0.240 e. The zero-order chi connectivity index (χ0) is 9.56. The van der Waals surface area contributed by atoms with Crippen molar-refractivity contribution >= 4 is 24.0 Å². The fourth-order valence-electron chi connectivity index (χ4n) is 0.742. The monoisotopic (exact) mass is 190 g/mol. The number of thioether (sulfide) groups is 1. The molecule has 0 rings (SSSR count). The van der Waals surface area contributed by atoms with Crippen molar-refractivity contribution in [3.8, 4) is 0 Å². The smallest absolute Gasteiger partial charge is 0.240 e. The molecule has 0 radical (unpaired) electrons. The maximum absolute atomic E-state index is 11.3. The van der Waals surface area contributed by atoms with Crippen molar-refractivity contribution in [2.24, 2.45) is 5.16 Å². The van der Waals surface area contributed by atoms with Crippen LogP contribution in [0.2, 0.25) is 0 Å². The topological polar surface area (TPSA) is 52.9 Å². The normalized spacial score (nSPS) is 13.2. The minimum absolute atomic E-state index is 0.0559. The molecule has 70 valence electrons. The van der Waals surface area contributed by atoms with Crippen molar-refractivity contribution in [3.05, 3.63) is 0 Å². The summed E-state index contributed by atoms with van der Waals surface area (Å²) in [6, 6.07) is 0. The summed E-state index contributed by atoms with van der Waals surface area (Å²) in [5, 5.41) is 10.9. The minimum Gasteiger partial charge on any atom is -0.410 e. The molecule has 0 heterocycles. The van der Waals surface area contributed by atoms with Crippen molar-refractivity contribution in [1.82, 2.24) is 4.90 Å². The Morgan fingerprint density at radius 2 is 2.42 bits per heavy atom. The summed E-state index contributed by atoms with van der Waals surface area (Å²) in [6.07, 6.45) is 1.09. The molecule has 1 unspecified atom stereocenters. The lowest BCUT2D eigenvalue weighted by Crippen LogP contribution is -2.32. The van der Waals surface area contributed by atoms with E-state index in [1.54, 1.807) is 18.8 Å². The lowest BCUT2D eigenvalue weighted by atomic mass is 10.4. The largest absolute Gasteiger partial charge is 0.410 e. The summed E-state index contributed by atoms with van der Waals surface area (Å²) in [5.74, 6) is 0.844. The average molecular weight is 190 g/mol. The predicted molar refractivity (Wildman–Crippen MR) is 50.6 cm³/mol. The van der Waals surface area contributed by atoms with E-state index in [4.69, 9.17) is 5.21 Å². The molecule has 0 saturated heterocycles. The molecule has 0 aliphatic rings. The number of rotatable bonds is 4. The van der Waals surface area contributed by atoms with Gasteiger partial charge < -0.3 is 10.1 Å². The molecule has 12 heavy (non-hydrogen) atoms. The first kappa shape index (κ1) is 11.3. The van der Waals surface area contributed by atoms with Crippen molar-refractivity contribution < 1.29 is 10.0 Å². The van der Waals surface area contributed by atoms with E-state index < -0.39 is 0 Å². The van der Waals surface area contributed by atoms with Gasteiger partial charge in [-0.2, -0.15) is 0 Å². The second-order valence-electron chi connectivity index (χ2n) is 2.28. The van der Waals surface area contributed by atoms with E-state index in [1.165, 1.54) is 4.90 Å². The van der Waals surface area contributed by atoms with Gasteiger partial charge in [-0.3, -0.25) is 4.79 Å². The van der Waals surface area contributed by atoms with E-state index in [-0.39, 0.29) is 11.2 Å². The van der Waals surface area contributed by atoms with E-state index in [2.05, 4.69) is 5.16 Å².